The predicted octanol–water partition coefficient (Wildman–Crippen LogP) is 2.48. The average molecular weight is 221 g/mol. The number of carbonyl (C=O) groups excluding carboxylic acids is 1. The van der Waals surface area contributed by atoms with Crippen LogP contribution in [0.25, 0.3) is 0 Å². The van der Waals surface area contributed by atoms with E-state index in [4.69, 9.17) is 5.26 Å². The first kappa shape index (κ1) is 10.7. The Bertz CT molecular complexity index is 472. The van der Waals surface area contributed by atoms with Crippen molar-refractivity contribution >= 4 is 5.78 Å². The minimum Gasteiger partial charge on any atom is -0.300 e. The Balaban J connectivity index is 2.49. The molecule has 1 aromatic rings. The van der Waals surface area contributed by atoms with Crippen LogP contribution in [0.3, 0.4) is 0 Å². The molecule has 2 rings (SSSR count). The van der Waals surface area contributed by atoms with E-state index in [1.165, 1.54) is 0 Å². The van der Waals surface area contributed by atoms with Crippen molar-refractivity contribution in [3.05, 3.63) is 35.4 Å². The summed E-state index contributed by atoms with van der Waals surface area (Å²) in [5, 5.41) is 9.12. The van der Waals surface area contributed by atoms with Gasteiger partial charge in [0.05, 0.1) is 11.5 Å². The Hall–Kier alpha value is -1.76. The molecule has 0 spiro atoms. The third-order valence-corrected chi connectivity index (χ3v) is 2.96. The van der Waals surface area contributed by atoms with Gasteiger partial charge in [-0.1, -0.05) is 0 Å². The lowest BCUT2D eigenvalue weighted by atomic mass is 9.80. The van der Waals surface area contributed by atoms with Gasteiger partial charge in [-0.3, -0.25) is 4.79 Å². The second-order valence-electron chi connectivity index (χ2n) is 4.07. The molecule has 1 fully saturated rings. The molecule has 2 nitrogen and oxygen atoms in total. The van der Waals surface area contributed by atoms with E-state index < -0.39 is 17.0 Å². The Morgan fingerprint density at radius 2 is 1.88 bits per heavy atom. The normalized spacial score (nSPS) is 24.4. The molecular formula is C12H9F2NO. The van der Waals surface area contributed by atoms with Crippen molar-refractivity contribution < 1.29 is 13.6 Å². The van der Waals surface area contributed by atoms with E-state index in [1.54, 1.807) is 0 Å². The lowest BCUT2D eigenvalue weighted by molar-refractivity contribution is -0.117. The van der Waals surface area contributed by atoms with E-state index in [-0.39, 0.29) is 17.8 Å². The fraction of sp³-hybridized carbons (Fsp3) is 0.333. The monoisotopic (exact) mass is 221 g/mol. The van der Waals surface area contributed by atoms with Crippen molar-refractivity contribution in [2.45, 2.75) is 24.7 Å². The molecule has 1 atom stereocenters. The van der Waals surface area contributed by atoms with Crippen LogP contribution in [0.2, 0.25) is 0 Å². The molecular weight excluding hydrogens is 212 g/mol. The van der Waals surface area contributed by atoms with Gasteiger partial charge in [-0.15, -0.1) is 0 Å². The van der Waals surface area contributed by atoms with E-state index in [9.17, 15) is 13.6 Å². The Morgan fingerprint density at radius 3 is 2.31 bits per heavy atom. The quantitative estimate of drug-likeness (QED) is 0.730. The summed E-state index contributed by atoms with van der Waals surface area (Å²) in [4.78, 5) is 11.2. The lowest BCUT2D eigenvalue weighted by Crippen LogP contribution is -2.20. The van der Waals surface area contributed by atoms with E-state index in [0.717, 1.165) is 18.2 Å². The van der Waals surface area contributed by atoms with Crippen LogP contribution in [0.15, 0.2) is 18.2 Å². The van der Waals surface area contributed by atoms with Crippen LogP contribution >= 0.6 is 0 Å². The number of nitriles is 1. The van der Waals surface area contributed by atoms with Crippen LogP contribution in [0, 0.1) is 23.0 Å². The fourth-order valence-corrected chi connectivity index (χ4v) is 2.10. The topological polar surface area (TPSA) is 40.9 Å². The first-order chi connectivity index (χ1) is 7.55. The molecule has 4 heteroatoms. The average Bonchev–Trinajstić information content (AvgIpc) is 2.60. The number of benzene rings is 1. The van der Waals surface area contributed by atoms with E-state index >= 15 is 0 Å². The molecule has 0 aromatic heterocycles. The van der Waals surface area contributed by atoms with Gasteiger partial charge in [-0.05, 0) is 24.1 Å². The molecule has 0 aliphatic heterocycles. The van der Waals surface area contributed by atoms with Crippen LogP contribution in [0.5, 0.6) is 0 Å². The number of hydrogen-bond donors (Lipinski definition) is 0. The van der Waals surface area contributed by atoms with Crippen LogP contribution in [-0.4, -0.2) is 5.78 Å². The molecule has 0 bridgehead atoms. The largest absolute Gasteiger partial charge is 0.300 e. The van der Waals surface area contributed by atoms with Crippen molar-refractivity contribution in [3.63, 3.8) is 0 Å². The van der Waals surface area contributed by atoms with Crippen molar-refractivity contribution in [2.75, 3.05) is 0 Å². The summed E-state index contributed by atoms with van der Waals surface area (Å²) in [5.74, 6) is -1.47. The smallest absolute Gasteiger partial charge is 0.134 e. The number of halogens is 2. The first-order valence-electron chi connectivity index (χ1n) is 4.95. The summed E-state index contributed by atoms with van der Waals surface area (Å²) in [6.45, 7) is 0. The lowest BCUT2D eigenvalue weighted by Gasteiger charge is -2.19. The highest BCUT2D eigenvalue weighted by Gasteiger charge is 2.40. The van der Waals surface area contributed by atoms with Crippen LogP contribution in [-0.2, 0) is 10.2 Å². The van der Waals surface area contributed by atoms with Gasteiger partial charge in [0.2, 0.25) is 0 Å². The van der Waals surface area contributed by atoms with E-state index in [1.807, 2.05) is 6.07 Å². The van der Waals surface area contributed by atoms with Crippen molar-refractivity contribution in [1.82, 2.24) is 0 Å². The number of nitrogens with zero attached hydrogens (tertiary/aromatic N) is 1. The number of carbonyl (C=O) groups is 1. The van der Waals surface area contributed by atoms with Crippen molar-refractivity contribution in [1.29, 1.82) is 5.26 Å². The molecule has 16 heavy (non-hydrogen) atoms. The zero-order valence-electron chi connectivity index (χ0n) is 8.46. The molecule has 0 saturated heterocycles. The molecule has 0 heterocycles. The van der Waals surface area contributed by atoms with Crippen molar-refractivity contribution in [3.8, 4) is 6.07 Å². The van der Waals surface area contributed by atoms with E-state index in [0.29, 0.717) is 12.8 Å². The van der Waals surface area contributed by atoms with E-state index in [2.05, 4.69) is 0 Å². The maximum Gasteiger partial charge on any atom is 0.134 e. The molecule has 1 saturated carbocycles. The van der Waals surface area contributed by atoms with Crippen LogP contribution < -0.4 is 0 Å². The molecule has 0 amide bonds. The SMILES string of the molecule is N#CC1(c2cc(F)cc(F)c2)CCC(=O)C1. The van der Waals surface area contributed by atoms with Gasteiger partial charge in [0.15, 0.2) is 0 Å². The van der Waals surface area contributed by atoms with Gasteiger partial charge in [0.25, 0.3) is 0 Å². The highest BCUT2D eigenvalue weighted by molar-refractivity contribution is 5.83. The number of rotatable bonds is 1. The Morgan fingerprint density at radius 1 is 1.25 bits per heavy atom. The summed E-state index contributed by atoms with van der Waals surface area (Å²) in [6.07, 6.45) is 0.684. The summed E-state index contributed by atoms with van der Waals surface area (Å²) in [7, 11) is 0. The summed E-state index contributed by atoms with van der Waals surface area (Å²) in [6, 6.07) is 5.04. The zero-order valence-corrected chi connectivity index (χ0v) is 8.46. The second-order valence-corrected chi connectivity index (χ2v) is 4.07. The van der Waals surface area contributed by atoms with Gasteiger partial charge in [0, 0.05) is 18.9 Å². The number of ketones is 1. The fourth-order valence-electron chi connectivity index (χ4n) is 2.10. The highest BCUT2D eigenvalue weighted by Crippen LogP contribution is 2.39. The highest BCUT2D eigenvalue weighted by atomic mass is 19.1. The van der Waals surface area contributed by atoms with Crippen molar-refractivity contribution in [2.24, 2.45) is 0 Å². The second kappa shape index (κ2) is 3.67. The van der Waals surface area contributed by atoms with Crippen LogP contribution in [0.4, 0.5) is 8.78 Å². The number of Topliss-reactive ketones (excluding diaryl/α,β-unsaturated/α-hetero) is 1. The minimum atomic E-state index is -1.04. The molecule has 1 aliphatic rings. The summed E-state index contributed by atoms with van der Waals surface area (Å²) in [5.41, 5.74) is -0.779. The van der Waals surface area contributed by atoms with Gasteiger partial charge in [-0.25, -0.2) is 8.78 Å². The third-order valence-electron chi connectivity index (χ3n) is 2.96. The van der Waals surface area contributed by atoms with Gasteiger partial charge in [-0.2, -0.15) is 5.26 Å². The Kier molecular flexibility index (Phi) is 2.47. The summed E-state index contributed by atoms with van der Waals surface area (Å²) < 4.78 is 26.1. The predicted molar refractivity (Wildman–Crippen MR) is 52.5 cm³/mol. The zero-order chi connectivity index (χ0) is 11.8. The minimum absolute atomic E-state index is 0.0359. The van der Waals surface area contributed by atoms with Gasteiger partial charge >= 0.3 is 0 Å². The maximum absolute atomic E-state index is 13.1. The maximum atomic E-state index is 13.1. The van der Waals surface area contributed by atoms with Gasteiger partial charge in [0.1, 0.15) is 17.4 Å². The molecule has 0 N–H and O–H groups in total. The number of hydrogen-bond acceptors (Lipinski definition) is 2. The molecule has 1 aromatic carbocycles. The molecule has 1 unspecified atom stereocenters. The molecule has 0 radical (unpaired) electrons. The van der Waals surface area contributed by atoms with Gasteiger partial charge < -0.3 is 0 Å². The first-order valence-corrected chi connectivity index (χ1v) is 4.95. The molecule has 82 valence electrons. The van der Waals surface area contributed by atoms with Crippen LogP contribution in [0.1, 0.15) is 24.8 Å². The molecule has 1 aliphatic carbocycles. The Labute approximate surface area is 91.5 Å². The standard InChI is InChI=1S/C12H9F2NO/c13-9-3-8(4-10(14)5-9)12(7-15)2-1-11(16)6-12/h3-5H,1-2,6H2. The third kappa shape index (κ3) is 1.69. The summed E-state index contributed by atoms with van der Waals surface area (Å²) >= 11 is 0.